The van der Waals surface area contributed by atoms with E-state index in [-0.39, 0.29) is 30.8 Å². The zero-order valence-corrected chi connectivity index (χ0v) is 30.4. The van der Waals surface area contributed by atoms with Gasteiger partial charge < -0.3 is 29.7 Å². The van der Waals surface area contributed by atoms with Crippen LogP contribution in [0.1, 0.15) is 78.4 Å². The third kappa shape index (κ3) is 13.0. The lowest BCUT2D eigenvalue weighted by Gasteiger charge is -2.34. The predicted molar refractivity (Wildman–Crippen MR) is 192 cm³/mol. The van der Waals surface area contributed by atoms with Crippen molar-refractivity contribution < 1.29 is 38.2 Å². The Bertz CT molecular complexity index is 1670. The van der Waals surface area contributed by atoms with E-state index in [4.69, 9.17) is 14.2 Å². The quantitative estimate of drug-likeness (QED) is 0.174. The van der Waals surface area contributed by atoms with Crippen LogP contribution >= 0.6 is 0 Å². The minimum absolute atomic E-state index is 0.000711. The number of nitrogens with one attached hydrogen (secondary N) is 2. The summed E-state index contributed by atoms with van der Waals surface area (Å²) < 4.78 is 16.3. The number of amides is 3. The van der Waals surface area contributed by atoms with Crippen LogP contribution in [0, 0.1) is 5.92 Å². The summed E-state index contributed by atoms with van der Waals surface area (Å²) in [6.45, 7) is 11.4. The number of hydrogen-bond acceptors (Lipinski definition) is 9. The molecule has 0 aliphatic carbocycles. The molecule has 3 aromatic rings. The zero-order chi connectivity index (χ0) is 37.2. The Morgan fingerprint density at radius 1 is 0.824 bits per heavy atom. The standard InChI is InChI=1S/C39H50N4O8/c1-38(2,3)50-36(47)42-32(23-34(45)49-25-27-12-8-7-9-13-27)35(46)41-31(21-26-16-18-43(19-17-26)37(48)51-39(4,5)6)33(44)22-28-20-29-14-10-11-15-30(29)40-24-28/h7-15,20,24,26,31-32H,16-19,21-23,25H2,1-6H3,(H,41,46)(H,42,47)/t31-,32-/m0/s1. The number of nitrogens with zero attached hydrogens (tertiary/aromatic N) is 2. The number of esters is 1. The Labute approximate surface area is 299 Å². The molecule has 12 heteroatoms. The van der Waals surface area contributed by atoms with E-state index in [0.717, 1.165) is 16.5 Å². The number of para-hydroxylation sites is 1. The van der Waals surface area contributed by atoms with Gasteiger partial charge in [0.25, 0.3) is 0 Å². The van der Waals surface area contributed by atoms with Crippen LogP contribution in [0.3, 0.4) is 0 Å². The van der Waals surface area contributed by atoms with Crippen LogP contribution < -0.4 is 10.6 Å². The summed E-state index contributed by atoms with van der Waals surface area (Å²) in [5.74, 6) is -1.69. The molecule has 2 aromatic carbocycles. The Morgan fingerprint density at radius 2 is 1.47 bits per heavy atom. The van der Waals surface area contributed by atoms with Crippen LogP contribution in [-0.2, 0) is 41.6 Å². The van der Waals surface area contributed by atoms with Crippen molar-refractivity contribution in [3.05, 3.63) is 78.0 Å². The molecule has 1 aliphatic heterocycles. The lowest BCUT2D eigenvalue weighted by molar-refractivity contribution is -0.147. The van der Waals surface area contributed by atoms with Crippen molar-refractivity contribution in [1.82, 2.24) is 20.5 Å². The monoisotopic (exact) mass is 702 g/mol. The van der Waals surface area contributed by atoms with Crippen molar-refractivity contribution in [2.45, 2.75) is 104 Å². The van der Waals surface area contributed by atoms with Crippen molar-refractivity contribution in [2.75, 3.05) is 13.1 Å². The number of ketones is 1. The zero-order valence-electron chi connectivity index (χ0n) is 30.4. The third-order valence-corrected chi connectivity index (χ3v) is 8.19. The van der Waals surface area contributed by atoms with Crippen molar-refractivity contribution >= 4 is 40.7 Å². The summed E-state index contributed by atoms with van der Waals surface area (Å²) in [6.07, 6.45) is 1.38. The largest absolute Gasteiger partial charge is 0.461 e. The van der Waals surface area contributed by atoms with Crippen molar-refractivity contribution in [2.24, 2.45) is 5.92 Å². The first-order chi connectivity index (χ1) is 24.0. The number of rotatable bonds is 12. The molecule has 1 aliphatic rings. The van der Waals surface area contributed by atoms with Crippen LogP contribution in [0.2, 0.25) is 0 Å². The number of Topliss-reactive ketones (excluding diaryl/α,β-unsaturated/α-hetero) is 1. The first-order valence-corrected chi connectivity index (χ1v) is 17.4. The first-order valence-electron chi connectivity index (χ1n) is 17.4. The summed E-state index contributed by atoms with van der Waals surface area (Å²) in [5.41, 5.74) is 0.764. The van der Waals surface area contributed by atoms with Gasteiger partial charge in [0.2, 0.25) is 5.91 Å². The van der Waals surface area contributed by atoms with Gasteiger partial charge in [-0.2, -0.15) is 0 Å². The van der Waals surface area contributed by atoms with E-state index in [1.807, 2.05) is 69.3 Å². The molecule has 0 unspecified atom stereocenters. The molecule has 51 heavy (non-hydrogen) atoms. The van der Waals surface area contributed by atoms with Gasteiger partial charge in [0.1, 0.15) is 23.9 Å². The van der Waals surface area contributed by atoms with E-state index < -0.39 is 47.7 Å². The van der Waals surface area contributed by atoms with Gasteiger partial charge in [0.05, 0.1) is 18.0 Å². The fraction of sp³-hybridized carbons (Fsp3) is 0.487. The van der Waals surface area contributed by atoms with Gasteiger partial charge >= 0.3 is 18.2 Å². The summed E-state index contributed by atoms with van der Waals surface area (Å²) in [7, 11) is 0. The molecule has 0 spiro atoms. The molecule has 2 N–H and O–H groups in total. The molecule has 1 aromatic heterocycles. The highest BCUT2D eigenvalue weighted by Crippen LogP contribution is 2.25. The van der Waals surface area contributed by atoms with E-state index >= 15 is 0 Å². The number of carbonyl (C=O) groups excluding carboxylic acids is 5. The number of alkyl carbamates (subject to hydrolysis) is 1. The van der Waals surface area contributed by atoms with E-state index in [1.54, 1.807) is 44.0 Å². The van der Waals surface area contributed by atoms with Crippen molar-refractivity contribution in [1.29, 1.82) is 0 Å². The van der Waals surface area contributed by atoms with E-state index in [0.29, 0.717) is 37.9 Å². The molecule has 2 heterocycles. The smallest absolute Gasteiger partial charge is 0.410 e. The van der Waals surface area contributed by atoms with Gasteiger partial charge in [-0.1, -0.05) is 48.5 Å². The normalized spacial score (nSPS) is 15.0. The van der Waals surface area contributed by atoms with Gasteiger partial charge in [0.15, 0.2) is 5.78 Å². The highest BCUT2D eigenvalue weighted by Gasteiger charge is 2.34. The summed E-state index contributed by atoms with van der Waals surface area (Å²) >= 11 is 0. The minimum Gasteiger partial charge on any atom is -0.461 e. The molecule has 0 bridgehead atoms. The van der Waals surface area contributed by atoms with Crippen molar-refractivity contribution in [3.63, 3.8) is 0 Å². The van der Waals surface area contributed by atoms with Gasteiger partial charge in [-0.15, -0.1) is 0 Å². The molecule has 3 amide bonds. The van der Waals surface area contributed by atoms with E-state index in [9.17, 15) is 24.0 Å². The Balaban J connectivity index is 1.51. The van der Waals surface area contributed by atoms with Gasteiger partial charge in [-0.3, -0.25) is 19.4 Å². The van der Waals surface area contributed by atoms with Crippen LogP contribution in [-0.4, -0.2) is 76.1 Å². The van der Waals surface area contributed by atoms with Crippen molar-refractivity contribution in [3.8, 4) is 0 Å². The maximum absolute atomic E-state index is 14.0. The number of carbonyl (C=O) groups is 5. The fourth-order valence-electron chi connectivity index (χ4n) is 5.71. The number of benzene rings is 2. The molecule has 274 valence electrons. The van der Waals surface area contributed by atoms with Crippen LogP contribution in [0.4, 0.5) is 9.59 Å². The second-order valence-electron chi connectivity index (χ2n) is 14.9. The van der Waals surface area contributed by atoms with Gasteiger partial charge in [-0.25, -0.2) is 9.59 Å². The average Bonchev–Trinajstić information content (AvgIpc) is 3.05. The molecule has 0 saturated carbocycles. The summed E-state index contributed by atoms with van der Waals surface area (Å²) in [4.78, 5) is 72.4. The lowest BCUT2D eigenvalue weighted by Crippen LogP contribution is -2.54. The maximum Gasteiger partial charge on any atom is 0.410 e. The number of aromatic nitrogens is 1. The van der Waals surface area contributed by atoms with Crippen LogP contribution in [0.5, 0.6) is 0 Å². The second-order valence-corrected chi connectivity index (χ2v) is 14.9. The maximum atomic E-state index is 14.0. The molecule has 0 radical (unpaired) electrons. The van der Waals surface area contributed by atoms with Crippen LogP contribution in [0.25, 0.3) is 10.9 Å². The molecular formula is C39H50N4O8. The van der Waals surface area contributed by atoms with Gasteiger partial charge in [-0.05, 0) is 90.0 Å². The minimum atomic E-state index is -1.38. The Hall–Kier alpha value is -5.00. The summed E-state index contributed by atoms with van der Waals surface area (Å²) in [6, 6.07) is 16.2. The van der Waals surface area contributed by atoms with Crippen LogP contribution in [0.15, 0.2) is 66.9 Å². The number of fused-ring (bicyclic) bond motifs is 1. The molecule has 12 nitrogen and oxygen atoms in total. The summed E-state index contributed by atoms with van der Waals surface area (Å²) in [5, 5.41) is 6.23. The molecule has 2 atom stereocenters. The number of likely N-dealkylation sites (tertiary alicyclic amines) is 1. The third-order valence-electron chi connectivity index (χ3n) is 8.19. The fourth-order valence-corrected chi connectivity index (χ4v) is 5.71. The molecule has 1 saturated heterocycles. The Kier molecular flexibility index (Phi) is 13.1. The molecular weight excluding hydrogens is 652 g/mol. The predicted octanol–water partition coefficient (Wildman–Crippen LogP) is 5.90. The van der Waals surface area contributed by atoms with E-state index in [2.05, 4.69) is 15.6 Å². The highest BCUT2D eigenvalue weighted by molar-refractivity contribution is 5.95. The molecule has 4 rings (SSSR count). The highest BCUT2D eigenvalue weighted by atomic mass is 16.6. The number of piperidine rings is 1. The van der Waals surface area contributed by atoms with E-state index in [1.165, 1.54) is 0 Å². The second kappa shape index (κ2) is 17.3. The number of ether oxygens (including phenoxy) is 3. The Morgan fingerprint density at radius 3 is 2.14 bits per heavy atom. The topological polar surface area (TPSA) is 153 Å². The first kappa shape index (κ1) is 38.8. The van der Waals surface area contributed by atoms with Gasteiger partial charge in [0, 0.05) is 31.1 Å². The number of hydrogen-bond donors (Lipinski definition) is 2. The number of pyridine rings is 1. The average molecular weight is 703 g/mol. The lowest BCUT2D eigenvalue weighted by atomic mass is 9.87. The molecule has 1 fully saturated rings. The SMILES string of the molecule is CC(C)(C)OC(=O)N[C@@H](CC(=O)OCc1ccccc1)C(=O)N[C@@H](CC1CCN(C(=O)OC(C)(C)C)CC1)C(=O)Cc1cnc2ccccc2c1.